The van der Waals surface area contributed by atoms with Crippen molar-refractivity contribution >= 4 is 0 Å². The minimum absolute atomic E-state index is 0.716. The third kappa shape index (κ3) is 1.01. The van der Waals surface area contributed by atoms with Crippen LogP contribution in [0.4, 0.5) is 0 Å². The molecule has 0 spiro atoms. The predicted octanol–water partition coefficient (Wildman–Crippen LogP) is 0.517. The van der Waals surface area contributed by atoms with Crippen LogP contribution in [0.2, 0.25) is 0 Å². The van der Waals surface area contributed by atoms with Crippen LogP contribution in [0, 0.1) is 0 Å². The molecule has 5 nitrogen and oxygen atoms in total. The lowest BCUT2D eigenvalue weighted by Gasteiger charge is -2.37. The maximum atomic E-state index is 10.6. The number of hydrogen-bond donors (Lipinski definition) is 1. The van der Waals surface area contributed by atoms with Gasteiger partial charge in [-0.05, 0) is 37.7 Å². The van der Waals surface area contributed by atoms with Crippen molar-refractivity contribution in [1.29, 1.82) is 0 Å². The summed E-state index contributed by atoms with van der Waals surface area (Å²) in [6.45, 7) is 5.05. The van der Waals surface area contributed by atoms with Gasteiger partial charge >= 0.3 is 0 Å². The van der Waals surface area contributed by atoms with Crippen molar-refractivity contribution < 1.29 is 25.0 Å². The van der Waals surface area contributed by atoms with Gasteiger partial charge < -0.3 is 5.11 Å². The minimum Gasteiger partial charge on any atom is -0.386 e. The Bertz CT molecular complexity index is 289. The lowest BCUT2D eigenvalue weighted by Crippen LogP contribution is -2.56. The molecule has 1 aliphatic carbocycles. The molecule has 2 bridgehead atoms. The summed E-state index contributed by atoms with van der Waals surface area (Å²) in [5, 5.41) is 20.5. The summed E-state index contributed by atoms with van der Waals surface area (Å²) in [4.78, 5) is 14.1. The van der Waals surface area contributed by atoms with Crippen molar-refractivity contribution in [2.75, 3.05) is 0 Å². The van der Waals surface area contributed by atoms with Gasteiger partial charge in [0.1, 0.15) is 11.7 Å². The average Bonchev–Trinajstić information content (AvgIpc) is 2.30. The van der Waals surface area contributed by atoms with Crippen LogP contribution in [0.15, 0.2) is 11.6 Å². The second-order valence-corrected chi connectivity index (χ2v) is 4.30. The molecule has 14 heavy (non-hydrogen) atoms. The van der Waals surface area contributed by atoms with Gasteiger partial charge in [0.2, 0.25) is 0 Å². The highest BCUT2D eigenvalue weighted by molar-refractivity contribution is 5.28. The summed E-state index contributed by atoms with van der Waals surface area (Å²) in [5.41, 5.74) is -1.28. The fourth-order valence-electron chi connectivity index (χ4n) is 2.28. The van der Waals surface area contributed by atoms with E-state index in [1.54, 1.807) is 26.8 Å². The highest BCUT2D eigenvalue weighted by Gasteiger charge is 2.63. The van der Waals surface area contributed by atoms with Crippen LogP contribution in [-0.2, 0) is 19.9 Å². The smallest absolute Gasteiger partial charge is 0.163 e. The van der Waals surface area contributed by atoms with Crippen LogP contribution in [0.25, 0.3) is 0 Å². The average molecular weight is 201 g/mol. The number of aliphatic hydroxyl groups excluding tert-OH is 1. The molecule has 1 saturated heterocycles. The molecule has 1 fully saturated rings. The van der Waals surface area contributed by atoms with Crippen molar-refractivity contribution in [2.24, 2.45) is 0 Å². The number of rotatable bonds is 1. The van der Waals surface area contributed by atoms with Crippen LogP contribution in [0.1, 0.15) is 20.8 Å². The van der Waals surface area contributed by atoms with Crippen LogP contribution >= 0.6 is 0 Å². The summed E-state index contributed by atoms with van der Waals surface area (Å²) in [7, 11) is 0. The topological polar surface area (TPSA) is 67.8 Å². The fourth-order valence-corrected chi connectivity index (χ4v) is 2.28. The number of fused-ring (bicyclic) bond motifs is 2. The van der Waals surface area contributed by atoms with E-state index in [2.05, 4.69) is 4.89 Å². The fraction of sp³-hybridized carbons (Fsp3) is 0.778. The molecule has 5 heteroatoms. The van der Waals surface area contributed by atoms with Crippen LogP contribution in [0.5, 0.6) is 0 Å². The largest absolute Gasteiger partial charge is 0.386 e. The van der Waals surface area contributed by atoms with E-state index in [1.165, 1.54) is 0 Å². The highest BCUT2D eigenvalue weighted by Crippen LogP contribution is 2.46. The molecule has 4 unspecified atom stereocenters. The first kappa shape index (κ1) is 10.1. The Hall–Kier alpha value is -0.460. The lowest BCUT2D eigenvalue weighted by molar-refractivity contribution is -0.395. The van der Waals surface area contributed by atoms with Gasteiger partial charge in [-0.25, -0.2) is 9.78 Å². The van der Waals surface area contributed by atoms with Crippen LogP contribution in [-0.4, -0.2) is 28.5 Å². The number of hydrogen-bond acceptors (Lipinski definition) is 4. The molecule has 79 valence electrons. The molecule has 1 radical (unpaired) electrons. The molecule has 1 aliphatic heterocycles. The molecule has 0 aromatic carbocycles. The van der Waals surface area contributed by atoms with Gasteiger partial charge in [0.25, 0.3) is 0 Å². The molecular formula is C9H13O5. The van der Waals surface area contributed by atoms with E-state index in [1.807, 2.05) is 0 Å². The van der Waals surface area contributed by atoms with Crippen LogP contribution in [0.3, 0.4) is 0 Å². The Morgan fingerprint density at radius 1 is 1.50 bits per heavy atom. The van der Waals surface area contributed by atoms with Crippen LogP contribution < -0.4 is 0 Å². The Balaban J connectivity index is 2.48. The van der Waals surface area contributed by atoms with Crippen molar-refractivity contribution in [2.45, 2.75) is 44.2 Å². The zero-order chi connectivity index (χ0) is 10.6. The molecule has 0 aromatic heterocycles. The van der Waals surface area contributed by atoms with Gasteiger partial charge in [0.15, 0.2) is 11.7 Å². The maximum absolute atomic E-state index is 10.6. The zero-order valence-electron chi connectivity index (χ0n) is 8.31. The first-order valence-electron chi connectivity index (χ1n) is 4.47. The normalized spacial score (nSPS) is 51.9. The van der Waals surface area contributed by atoms with Crippen molar-refractivity contribution in [1.82, 2.24) is 0 Å². The first-order chi connectivity index (χ1) is 6.44. The summed E-state index contributed by atoms with van der Waals surface area (Å²) >= 11 is 0. The van der Waals surface area contributed by atoms with E-state index < -0.39 is 23.4 Å². The van der Waals surface area contributed by atoms with Gasteiger partial charge in [-0.3, -0.25) is 0 Å². The molecule has 2 aliphatic rings. The van der Waals surface area contributed by atoms with Crippen molar-refractivity contribution in [3.05, 3.63) is 11.6 Å². The predicted molar refractivity (Wildman–Crippen MR) is 44.3 cm³/mol. The third-order valence-electron chi connectivity index (χ3n) is 3.03. The quantitative estimate of drug-likeness (QED) is 0.381. The Morgan fingerprint density at radius 2 is 2.14 bits per heavy atom. The lowest BCUT2D eigenvalue weighted by atomic mass is 9.75. The molecule has 1 heterocycles. The van der Waals surface area contributed by atoms with E-state index in [-0.39, 0.29) is 0 Å². The molecule has 4 atom stereocenters. The molecule has 0 aromatic rings. The zero-order valence-corrected chi connectivity index (χ0v) is 8.31. The van der Waals surface area contributed by atoms with Gasteiger partial charge in [0, 0.05) is 0 Å². The van der Waals surface area contributed by atoms with Crippen molar-refractivity contribution in [3.63, 3.8) is 0 Å². The second kappa shape index (κ2) is 2.77. The Morgan fingerprint density at radius 3 is 2.71 bits per heavy atom. The molecule has 0 saturated carbocycles. The number of aliphatic hydroxyl groups is 1. The Labute approximate surface area is 81.7 Å². The van der Waals surface area contributed by atoms with Gasteiger partial charge in [-0.15, -0.1) is 0 Å². The van der Waals surface area contributed by atoms with Gasteiger partial charge in [-0.2, -0.15) is 4.89 Å². The van der Waals surface area contributed by atoms with E-state index in [0.29, 0.717) is 5.57 Å². The molecular weight excluding hydrogens is 188 g/mol. The third-order valence-corrected chi connectivity index (χ3v) is 3.03. The second-order valence-electron chi connectivity index (χ2n) is 4.30. The maximum Gasteiger partial charge on any atom is 0.163 e. The summed E-state index contributed by atoms with van der Waals surface area (Å²) < 4.78 is 0. The van der Waals surface area contributed by atoms with E-state index >= 15 is 0 Å². The first-order valence-corrected chi connectivity index (χ1v) is 4.47. The molecule has 0 amide bonds. The molecule has 2 rings (SSSR count). The standard InChI is InChI=1S/C9H13O5/c1-5-4-8(2)7(10)9(3,14-13-8)6(5)12-11/h4,6-7,10H,1-3H3. The minimum atomic E-state index is -1.12. The van der Waals surface area contributed by atoms with E-state index in [0.717, 1.165) is 0 Å². The monoisotopic (exact) mass is 201 g/mol. The van der Waals surface area contributed by atoms with Crippen molar-refractivity contribution in [3.8, 4) is 0 Å². The molecule has 1 N–H and O–H groups in total. The van der Waals surface area contributed by atoms with E-state index in [4.69, 9.17) is 9.78 Å². The van der Waals surface area contributed by atoms with E-state index in [9.17, 15) is 10.4 Å². The summed E-state index contributed by atoms with van der Waals surface area (Å²) in [5.74, 6) is 0. The van der Waals surface area contributed by atoms with Gasteiger partial charge in [-0.1, -0.05) is 0 Å². The SMILES string of the molecule is CC1=CC2(C)OOC(C)(C1O[O])C2O. The summed E-state index contributed by atoms with van der Waals surface area (Å²) in [6.07, 6.45) is -0.0552. The Kier molecular flexibility index (Phi) is 1.99. The summed E-state index contributed by atoms with van der Waals surface area (Å²) in [6, 6.07) is 0. The highest BCUT2D eigenvalue weighted by atomic mass is 17.2. The van der Waals surface area contributed by atoms with Gasteiger partial charge in [0.05, 0.1) is 0 Å².